The lowest BCUT2D eigenvalue weighted by molar-refractivity contribution is -0.120. The number of ether oxygens (including phenoxy) is 4. The molecule has 0 unspecified atom stereocenters. The summed E-state index contributed by atoms with van der Waals surface area (Å²) in [5.41, 5.74) is 14.5. The van der Waals surface area contributed by atoms with Crippen LogP contribution in [0.5, 0.6) is 46.0 Å². The van der Waals surface area contributed by atoms with E-state index < -0.39 is 123 Å². The first-order chi connectivity index (χ1) is 67.0. The lowest BCUT2D eigenvalue weighted by atomic mass is 9.92. The molecule has 0 radical (unpaired) electrons. The number of amidine groups is 4. The summed E-state index contributed by atoms with van der Waals surface area (Å²) in [6, 6.07) is 27.7. The van der Waals surface area contributed by atoms with Crippen molar-refractivity contribution in [2.75, 3.05) is 48.2 Å². The van der Waals surface area contributed by atoms with Crippen LogP contribution in [0.2, 0.25) is 0 Å². The lowest BCUT2D eigenvalue weighted by Gasteiger charge is -2.22. The Morgan fingerprint density at radius 1 is 0.430 bits per heavy atom. The summed E-state index contributed by atoms with van der Waals surface area (Å²) in [5.74, 6) is -3.29. The number of carbonyl (C=O) groups excluding carboxylic acids is 3. The molecule has 3 amide bonds. The van der Waals surface area contributed by atoms with Gasteiger partial charge < -0.3 is 77.8 Å². The number of aryl methyl sites for hydroxylation is 8. The van der Waals surface area contributed by atoms with Crippen LogP contribution < -0.4 is 79.7 Å². The van der Waals surface area contributed by atoms with Gasteiger partial charge in [-0.15, -0.1) is 62.9 Å². The van der Waals surface area contributed by atoms with E-state index in [-0.39, 0.29) is 152 Å². The van der Waals surface area contributed by atoms with Crippen molar-refractivity contribution in [2.45, 2.75) is 160 Å². The number of aromatic hydroxyl groups is 4. The van der Waals surface area contributed by atoms with Crippen LogP contribution in [0.4, 0.5) is 22.7 Å². The van der Waals surface area contributed by atoms with Crippen molar-refractivity contribution in [1.29, 1.82) is 0 Å². The van der Waals surface area contributed by atoms with E-state index in [0.29, 0.717) is 69.4 Å². The monoisotopic (exact) mass is 2090 g/mol. The van der Waals surface area contributed by atoms with Crippen LogP contribution in [-0.4, -0.2) is 161 Å². The highest BCUT2D eigenvalue weighted by atomic mass is 32.2. The number of aromatic nitrogens is 8. The first-order valence-corrected chi connectivity index (χ1v) is 53.0. The van der Waals surface area contributed by atoms with Crippen molar-refractivity contribution in [1.82, 2.24) is 39.1 Å². The van der Waals surface area contributed by atoms with E-state index in [1.165, 1.54) is 138 Å². The number of anilines is 4. The standard InChI is InChI=1S/C24H27N5O6S2.C23H23N5O6S2.C23H25N5O6S2.C22H24N4O5S2/c1-13-5-8-16(36-13)20-21(31)19(23(32)29(27-20)10-9-24(2,3)4)22-26-15-7-6-14(35-12-18(25)30)11-17(15)37(33,34)28-22;1-12-2-7-16(35-12)20-21(30)19(23(31)28(26-20)9-8-13-3-4-13)22-25-15-6-5-14(34-11-18(24)29)10-17(15)36(32,33)27-22;1-12(2)6-8-28-23(31)18(20(30)19(26-28)21-13(3)7-9-35-21)22-25-15-5-4-14(34-11-17(24)29)10-16(15)36(32,33)27-22;1-12(2)7-9-26-22(28)17(19(27)18(24-26)20-13(3)8-10-32-20)21-23-15-6-5-14(31-4)11-16(15)33(29,30)25-21/h5-8,11,31H,9-10,12H2,1-4H3,(H2,25,30)(H,26,28);2,5-7,10,13,30H,3-4,8-9,11H2,1H3,(H2,24,29)(H,25,27);4-5,7,9-10,12,30H,6,8,11H2,1-3H3,(H2,24,29)(H,25,27);5-6,8,10-12,27H,7,9H2,1-4H3,(H,23,25). The van der Waals surface area contributed by atoms with Gasteiger partial charge in [0, 0.05) is 60.2 Å². The van der Waals surface area contributed by atoms with Crippen LogP contribution in [0, 0.1) is 50.9 Å². The number of rotatable bonds is 29. The van der Waals surface area contributed by atoms with Gasteiger partial charge in [-0.1, -0.05) is 61.3 Å². The number of methoxy groups -OCH3 is 1. The highest BCUT2D eigenvalue weighted by molar-refractivity contribution is 7.91. The molecule has 8 aromatic heterocycles. The fourth-order valence-electron chi connectivity index (χ4n) is 14.5. The Labute approximate surface area is 829 Å². The van der Waals surface area contributed by atoms with Gasteiger partial charge in [0.2, 0.25) is 0 Å². The molecule has 1 aliphatic carbocycles. The molecular weight excluding hydrogens is 2000 g/mol. The molecule has 12 heterocycles. The molecule has 0 saturated heterocycles. The Hall–Kier alpha value is -14.3. The third-order valence-electron chi connectivity index (χ3n) is 22.1. The van der Waals surface area contributed by atoms with Gasteiger partial charge in [0.25, 0.3) is 80.1 Å². The number of benzene rings is 4. The smallest absolute Gasteiger partial charge is 0.286 e. The topological polar surface area (TPSA) is 621 Å². The van der Waals surface area contributed by atoms with Crippen LogP contribution in [0.1, 0.15) is 130 Å². The van der Waals surface area contributed by atoms with Crippen LogP contribution in [0.25, 0.3) is 42.3 Å². The molecule has 1 fully saturated rings. The fourth-order valence-corrected chi connectivity index (χ4v) is 22.5. The van der Waals surface area contributed by atoms with E-state index >= 15 is 0 Å². The number of amides is 3. The number of carbonyl (C=O) groups is 3. The third kappa shape index (κ3) is 23.4. The molecule has 1 saturated carbocycles. The maximum Gasteiger partial charge on any atom is 0.286 e. The number of hydrogen-bond acceptors (Lipinski definition) is 35. The molecule has 0 bridgehead atoms. The molecule has 12 aromatic rings. The number of nitrogens with one attached hydrogen (secondary N) is 4. The van der Waals surface area contributed by atoms with Crippen LogP contribution in [-0.2, 0) is 80.7 Å². The van der Waals surface area contributed by atoms with Gasteiger partial charge in [0.1, 0.15) is 87.6 Å². The van der Waals surface area contributed by atoms with Gasteiger partial charge in [0.15, 0.2) is 66.2 Å². The number of thiophene rings is 4. The van der Waals surface area contributed by atoms with E-state index in [1.54, 1.807) is 18.2 Å². The average molecular weight is 2100 g/mol. The van der Waals surface area contributed by atoms with E-state index in [1.807, 2.05) is 111 Å². The van der Waals surface area contributed by atoms with E-state index in [0.717, 1.165) is 40.1 Å². The van der Waals surface area contributed by atoms with E-state index in [2.05, 4.69) is 59.3 Å². The summed E-state index contributed by atoms with van der Waals surface area (Å²) in [6.07, 6.45) is 4.91. The number of primary amides is 3. The molecule has 17 rings (SSSR count). The summed E-state index contributed by atoms with van der Waals surface area (Å²) in [7, 11) is -15.6. The molecular formula is C92H99N19O23S8. The average Bonchev–Trinajstić information content (AvgIpc) is 1.21. The molecule has 0 spiro atoms. The zero-order chi connectivity index (χ0) is 103. The van der Waals surface area contributed by atoms with Crippen molar-refractivity contribution < 1.29 is 87.4 Å². The second-order valence-electron chi connectivity index (χ2n) is 35.3. The van der Waals surface area contributed by atoms with Crippen LogP contribution >= 0.6 is 45.3 Å². The predicted molar refractivity (Wildman–Crippen MR) is 539 cm³/mol. The van der Waals surface area contributed by atoms with Gasteiger partial charge in [-0.05, 0) is 183 Å². The Kier molecular flexibility index (Phi) is 30.5. The first kappa shape index (κ1) is 104. The minimum Gasteiger partial charge on any atom is -0.505 e. The molecule has 5 aliphatic rings. The van der Waals surface area contributed by atoms with Gasteiger partial charge in [-0.2, -0.15) is 54.1 Å². The Balaban J connectivity index is 0.000000151. The molecule has 4 aliphatic heterocycles. The van der Waals surface area contributed by atoms with Gasteiger partial charge in [-0.25, -0.2) is 18.7 Å². The van der Waals surface area contributed by atoms with Crippen LogP contribution in [0.15, 0.2) is 176 Å². The summed E-state index contributed by atoms with van der Waals surface area (Å²) in [6.45, 7) is 21.6. The fraction of sp³-hybridized carbons (Fsp3) is 0.315. The lowest BCUT2D eigenvalue weighted by Crippen LogP contribution is -2.34. The SMILES string of the molecule is COc1ccc2c(c1)S(=O)(=O)N=C(c1c(O)c(-c3sccc3C)nn(CCC(C)C)c1=O)N2.Cc1ccc(-c2nn(CCC(C)(C)C)c(=O)c(C3=NS(=O)(=O)c4cc(OCC(N)=O)ccc4N3)c2O)s1.Cc1ccc(-c2nn(CCC3CC3)c(=O)c(C3=NS(=O)(=O)c4cc(OCC(N)=O)ccc4N3)c2O)s1.Cc1ccsc1-c1nn(CCC(C)C)c(=O)c(C2=NS(=O)(=O)c3cc(OCC(N)=O)ccc3N2)c1O. The van der Waals surface area contributed by atoms with Gasteiger partial charge in [0.05, 0.1) is 49.4 Å². The molecule has 748 valence electrons. The highest BCUT2D eigenvalue weighted by Gasteiger charge is 2.39. The summed E-state index contributed by atoms with van der Waals surface area (Å²) in [4.78, 5) is 90.5. The van der Waals surface area contributed by atoms with Crippen LogP contribution in [0.3, 0.4) is 0 Å². The molecule has 50 heteroatoms. The predicted octanol–water partition coefficient (Wildman–Crippen LogP) is 11.1. The van der Waals surface area contributed by atoms with Gasteiger partial charge in [-0.3, -0.25) is 33.6 Å². The van der Waals surface area contributed by atoms with Crippen molar-refractivity contribution in [3.63, 3.8) is 0 Å². The quantitative estimate of drug-likeness (QED) is 0.0207. The Morgan fingerprint density at radius 3 is 1.00 bits per heavy atom. The number of fused-ring (bicyclic) bond motifs is 4. The third-order valence-corrected chi connectivity index (χ3v) is 31.4. The summed E-state index contributed by atoms with van der Waals surface area (Å²) in [5, 5.41) is 77.4. The number of nitrogens with zero attached hydrogens (tertiary/aromatic N) is 12. The largest absolute Gasteiger partial charge is 0.505 e. The molecule has 42 nitrogen and oxygen atoms in total. The second-order valence-corrected chi connectivity index (χ2v) is 46.0. The van der Waals surface area contributed by atoms with Gasteiger partial charge >= 0.3 is 0 Å². The zero-order valence-corrected chi connectivity index (χ0v) is 84.9. The molecule has 4 aromatic carbocycles. The van der Waals surface area contributed by atoms with Crippen molar-refractivity contribution >= 4 is 149 Å². The van der Waals surface area contributed by atoms with Crippen molar-refractivity contribution in [2.24, 2.45) is 58.0 Å². The maximum atomic E-state index is 13.5. The normalized spacial score (nSPS) is 14.8. The number of nitrogens with two attached hydrogens (primary N) is 3. The second kappa shape index (κ2) is 41.8. The van der Waals surface area contributed by atoms with Crippen molar-refractivity contribution in [3.8, 4) is 88.3 Å². The number of sulfonamides is 4. The minimum atomic E-state index is -4.30. The Bertz CT molecular complexity index is 7950. The van der Waals surface area contributed by atoms with E-state index in [4.69, 9.17) is 36.1 Å². The first-order valence-electron chi connectivity index (χ1n) is 43.9. The molecule has 142 heavy (non-hydrogen) atoms. The zero-order valence-electron chi connectivity index (χ0n) is 78.4. The minimum absolute atomic E-state index is 0.0754. The summed E-state index contributed by atoms with van der Waals surface area (Å²) >= 11 is 5.49. The Morgan fingerprint density at radius 2 is 0.725 bits per heavy atom. The van der Waals surface area contributed by atoms with Crippen molar-refractivity contribution in [3.05, 3.63) is 205 Å². The highest BCUT2D eigenvalue weighted by Crippen LogP contribution is 2.45. The summed E-state index contributed by atoms with van der Waals surface area (Å²) < 4.78 is 145. The number of hydrogen-bond donors (Lipinski definition) is 11. The maximum absolute atomic E-state index is 13.5. The molecule has 14 N–H and O–H groups in total. The molecule has 0 atom stereocenters. The van der Waals surface area contributed by atoms with E-state index in [9.17, 15) is 87.7 Å².